The molecule has 9 nitrogen and oxygen atoms in total. The van der Waals surface area contributed by atoms with E-state index in [-0.39, 0.29) is 11.7 Å². The number of aryl methyl sites for hydroxylation is 1. The van der Waals surface area contributed by atoms with E-state index in [2.05, 4.69) is 25.6 Å². The molecule has 9 heteroatoms. The molecule has 0 aliphatic carbocycles. The van der Waals surface area contributed by atoms with Crippen LogP contribution in [-0.2, 0) is 24.7 Å². The predicted octanol–water partition coefficient (Wildman–Crippen LogP) is 0.837. The highest BCUT2D eigenvalue weighted by molar-refractivity contribution is 6.01. The summed E-state index contributed by atoms with van der Waals surface area (Å²) in [5.41, 5.74) is 2.81. The number of anilines is 1. The summed E-state index contributed by atoms with van der Waals surface area (Å²) in [5, 5.41) is 13.8. The van der Waals surface area contributed by atoms with Crippen LogP contribution in [0.1, 0.15) is 34.1 Å². The summed E-state index contributed by atoms with van der Waals surface area (Å²) in [4.78, 5) is 31.1. The van der Waals surface area contributed by atoms with E-state index in [4.69, 9.17) is 0 Å². The van der Waals surface area contributed by atoms with Crippen LogP contribution in [0.15, 0.2) is 36.5 Å². The fourth-order valence-corrected chi connectivity index (χ4v) is 3.40. The van der Waals surface area contributed by atoms with Gasteiger partial charge in [0.2, 0.25) is 11.7 Å². The van der Waals surface area contributed by atoms with Crippen molar-refractivity contribution >= 4 is 17.5 Å². The van der Waals surface area contributed by atoms with Gasteiger partial charge in [-0.25, -0.2) is 4.98 Å². The molecule has 28 heavy (non-hydrogen) atoms. The van der Waals surface area contributed by atoms with Gasteiger partial charge in [-0.15, -0.1) is 5.10 Å². The van der Waals surface area contributed by atoms with Gasteiger partial charge >= 0.3 is 0 Å². The summed E-state index contributed by atoms with van der Waals surface area (Å²) >= 11 is 0. The molecule has 144 valence electrons. The Morgan fingerprint density at radius 2 is 2.07 bits per heavy atom. The van der Waals surface area contributed by atoms with Crippen LogP contribution in [0.4, 0.5) is 5.69 Å². The lowest BCUT2D eigenvalue weighted by molar-refractivity contribution is -0.120. The van der Waals surface area contributed by atoms with Gasteiger partial charge in [0.15, 0.2) is 0 Å². The van der Waals surface area contributed by atoms with Crippen LogP contribution in [0, 0.1) is 0 Å². The third-order valence-corrected chi connectivity index (χ3v) is 4.95. The first kappa shape index (κ1) is 17.9. The van der Waals surface area contributed by atoms with Crippen LogP contribution in [0.25, 0.3) is 0 Å². The normalized spacial score (nSPS) is 16.6. The molecule has 3 aromatic rings. The van der Waals surface area contributed by atoms with E-state index in [9.17, 15) is 9.59 Å². The molecule has 1 aliphatic heterocycles. The number of rotatable bonds is 4. The second kappa shape index (κ2) is 7.26. The largest absolute Gasteiger partial charge is 0.337 e. The number of likely N-dealkylation sites (N-methyl/N-ethyl adjacent to an activating group) is 1. The highest BCUT2D eigenvalue weighted by Crippen LogP contribution is 2.25. The monoisotopic (exact) mass is 379 g/mol. The highest BCUT2D eigenvalue weighted by Gasteiger charge is 2.31. The topological polar surface area (TPSA) is 109 Å². The zero-order valence-electron chi connectivity index (χ0n) is 15.7. The zero-order chi connectivity index (χ0) is 19.7. The summed E-state index contributed by atoms with van der Waals surface area (Å²) in [7, 11) is 3.54. The number of carbonyl (C=O) groups excluding carboxylic acids is 2. The van der Waals surface area contributed by atoms with E-state index < -0.39 is 11.9 Å². The van der Waals surface area contributed by atoms with Crippen LogP contribution in [0.5, 0.6) is 0 Å². The molecule has 2 N–H and O–H groups in total. The minimum Gasteiger partial charge on any atom is -0.337 e. The molecule has 1 aliphatic rings. The first-order valence-corrected chi connectivity index (χ1v) is 9.07. The Hall–Kier alpha value is -3.49. The fraction of sp³-hybridized carbons (Fsp3) is 0.316. The average Bonchev–Trinajstić information content (AvgIpc) is 3.28. The molecular weight excluding hydrogens is 358 g/mol. The van der Waals surface area contributed by atoms with Crippen molar-refractivity contribution in [3.05, 3.63) is 59.4 Å². The van der Waals surface area contributed by atoms with Crippen LogP contribution in [0.3, 0.4) is 0 Å². The van der Waals surface area contributed by atoms with Gasteiger partial charge in [-0.3, -0.25) is 19.4 Å². The maximum atomic E-state index is 12.8. The third kappa shape index (κ3) is 3.38. The number of hydrogen-bond donors (Lipinski definition) is 2. The fourth-order valence-electron chi connectivity index (χ4n) is 3.40. The highest BCUT2D eigenvalue weighted by atomic mass is 16.2. The lowest BCUT2D eigenvalue weighted by Crippen LogP contribution is -2.47. The Balaban J connectivity index is 1.44. The minimum atomic E-state index is -0.638. The Morgan fingerprint density at radius 1 is 1.29 bits per heavy atom. The number of nitrogens with one attached hydrogen (secondary N) is 2. The number of nitrogens with zero attached hydrogens (tertiary/aromatic N) is 5. The molecule has 0 saturated carbocycles. The number of fused-ring (bicyclic) bond motifs is 1. The number of amides is 2. The molecule has 2 amide bonds. The molecule has 1 atom stereocenters. The standard InChI is InChI=1S/C19H21N7O2/c1-25-15-11-20-26(2)14(15)9-8-13(19(25)28)21-18(27)17-22-16(23-24-17)10-12-6-4-3-5-7-12/h3-7,11,13H,8-10H2,1-2H3,(H,21,27)(H,22,23,24). The van der Waals surface area contributed by atoms with E-state index in [0.717, 1.165) is 16.9 Å². The number of aromatic nitrogens is 5. The lowest BCUT2D eigenvalue weighted by Gasteiger charge is -2.20. The smallest absolute Gasteiger partial charge is 0.291 e. The van der Waals surface area contributed by atoms with E-state index in [0.29, 0.717) is 25.1 Å². The van der Waals surface area contributed by atoms with Gasteiger partial charge < -0.3 is 10.2 Å². The summed E-state index contributed by atoms with van der Waals surface area (Å²) in [6.45, 7) is 0. The number of H-pyrrole nitrogens is 1. The van der Waals surface area contributed by atoms with Crippen molar-refractivity contribution in [2.45, 2.75) is 25.3 Å². The van der Waals surface area contributed by atoms with Crippen molar-refractivity contribution in [2.75, 3.05) is 11.9 Å². The maximum absolute atomic E-state index is 12.8. The Bertz CT molecular complexity index is 1010. The molecule has 0 fully saturated rings. The number of benzene rings is 1. The van der Waals surface area contributed by atoms with Gasteiger partial charge in [0, 0.05) is 20.5 Å². The van der Waals surface area contributed by atoms with Crippen molar-refractivity contribution in [3.63, 3.8) is 0 Å². The molecule has 1 aromatic carbocycles. The van der Waals surface area contributed by atoms with Crippen molar-refractivity contribution in [1.82, 2.24) is 30.3 Å². The van der Waals surface area contributed by atoms with Gasteiger partial charge in [-0.1, -0.05) is 30.3 Å². The molecule has 0 saturated heterocycles. The molecule has 4 rings (SSSR count). The summed E-state index contributed by atoms with van der Waals surface area (Å²) in [6.07, 6.45) is 3.35. The van der Waals surface area contributed by atoms with Gasteiger partial charge in [-0.2, -0.15) is 5.10 Å². The third-order valence-electron chi connectivity index (χ3n) is 4.95. The molecule has 2 aromatic heterocycles. The minimum absolute atomic E-state index is 0.0322. The first-order valence-electron chi connectivity index (χ1n) is 9.07. The summed E-state index contributed by atoms with van der Waals surface area (Å²) < 4.78 is 1.76. The Morgan fingerprint density at radius 3 is 2.86 bits per heavy atom. The van der Waals surface area contributed by atoms with Gasteiger partial charge in [-0.05, 0) is 18.4 Å². The molecule has 0 radical (unpaired) electrons. The van der Waals surface area contributed by atoms with Crippen LogP contribution in [-0.4, -0.2) is 49.9 Å². The Kier molecular flexibility index (Phi) is 4.64. The van der Waals surface area contributed by atoms with Crippen LogP contribution in [0.2, 0.25) is 0 Å². The summed E-state index contributed by atoms with van der Waals surface area (Å²) in [5.74, 6) is -0.0181. The molecule has 0 bridgehead atoms. The maximum Gasteiger partial charge on any atom is 0.291 e. The van der Waals surface area contributed by atoms with Gasteiger partial charge in [0.1, 0.15) is 11.9 Å². The van der Waals surface area contributed by atoms with Crippen LogP contribution < -0.4 is 10.2 Å². The van der Waals surface area contributed by atoms with E-state index >= 15 is 0 Å². The van der Waals surface area contributed by atoms with Crippen molar-refractivity contribution in [3.8, 4) is 0 Å². The van der Waals surface area contributed by atoms with Crippen LogP contribution >= 0.6 is 0 Å². The predicted molar refractivity (Wildman–Crippen MR) is 102 cm³/mol. The van der Waals surface area contributed by atoms with Crippen molar-refractivity contribution in [1.29, 1.82) is 0 Å². The lowest BCUT2D eigenvalue weighted by atomic mass is 10.1. The van der Waals surface area contributed by atoms with Crippen molar-refractivity contribution < 1.29 is 9.59 Å². The SMILES string of the molecule is CN1C(=O)C(NC(=O)c2n[nH]c(Cc3ccccc3)n2)CCc2c1cnn2C. The van der Waals surface area contributed by atoms with Crippen molar-refractivity contribution in [2.24, 2.45) is 7.05 Å². The van der Waals surface area contributed by atoms with E-state index in [1.165, 1.54) is 0 Å². The second-order valence-corrected chi connectivity index (χ2v) is 6.83. The number of aromatic amines is 1. The molecular formula is C19H21N7O2. The average molecular weight is 379 g/mol. The van der Waals surface area contributed by atoms with Gasteiger partial charge in [0.05, 0.1) is 17.6 Å². The zero-order valence-corrected chi connectivity index (χ0v) is 15.7. The first-order chi connectivity index (χ1) is 13.5. The molecule has 1 unspecified atom stereocenters. The number of carbonyl (C=O) groups is 2. The second-order valence-electron chi connectivity index (χ2n) is 6.83. The number of hydrogen-bond acceptors (Lipinski definition) is 5. The Labute approximate surface area is 161 Å². The summed E-state index contributed by atoms with van der Waals surface area (Å²) in [6, 6.07) is 9.16. The van der Waals surface area contributed by atoms with E-state index in [1.807, 2.05) is 37.4 Å². The molecule has 3 heterocycles. The van der Waals surface area contributed by atoms with E-state index in [1.54, 1.807) is 22.8 Å². The van der Waals surface area contributed by atoms with Gasteiger partial charge in [0.25, 0.3) is 5.91 Å². The molecule has 0 spiro atoms. The quantitative estimate of drug-likeness (QED) is 0.698.